The molecule has 94 valence electrons. The van der Waals surface area contributed by atoms with Crippen molar-refractivity contribution in [1.82, 2.24) is 10.3 Å². The molecule has 2 heterocycles. The van der Waals surface area contributed by atoms with Crippen molar-refractivity contribution in [2.24, 2.45) is 0 Å². The molecule has 2 N–H and O–H groups in total. The first kappa shape index (κ1) is 12.7. The zero-order valence-electron chi connectivity index (χ0n) is 10.3. The summed E-state index contributed by atoms with van der Waals surface area (Å²) in [4.78, 5) is 4.13. The molecule has 1 saturated heterocycles. The van der Waals surface area contributed by atoms with Gasteiger partial charge in [0.2, 0.25) is 0 Å². The lowest BCUT2D eigenvalue weighted by Gasteiger charge is -2.19. The van der Waals surface area contributed by atoms with Crippen molar-refractivity contribution in [3.05, 3.63) is 23.0 Å². The summed E-state index contributed by atoms with van der Waals surface area (Å²) < 4.78 is 0. The van der Waals surface area contributed by atoms with E-state index in [0.717, 1.165) is 25.2 Å². The predicted molar refractivity (Wildman–Crippen MR) is 72.8 cm³/mol. The van der Waals surface area contributed by atoms with Crippen LogP contribution in [-0.2, 0) is 6.42 Å². The average molecular weight is 254 g/mol. The van der Waals surface area contributed by atoms with Gasteiger partial charge in [-0.1, -0.05) is 24.9 Å². The zero-order valence-corrected chi connectivity index (χ0v) is 11.1. The number of hydrogen-bond donors (Lipinski definition) is 2. The predicted octanol–water partition coefficient (Wildman–Crippen LogP) is 2.85. The van der Waals surface area contributed by atoms with Gasteiger partial charge >= 0.3 is 0 Å². The Hall–Kier alpha value is -0.800. The second kappa shape index (κ2) is 6.22. The summed E-state index contributed by atoms with van der Waals surface area (Å²) >= 11 is 5.96. The fourth-order valence-corrected chi connectivity index (χ4v) is 2.39. The Labute approximate surface area is 108 Å². The monoisotopic (exact) mass is 253 g/mol. The van der Waals surface area contributed by atoms with Gasteiger partial charge in [-0.05, 0) is 37.4 Å². The molecule has 3 nitrogen and oxygen atoms in total. The molecule has 1 aromatic heterocycles. The van der Waals surface area contributed by atoms with Gasteiger partial charge in [0.15, 0.2) is 0 Å². The second-order valence-electron chi connectivity index (χ2n) is 4.56. The highest BCUT2D eigenvalue weighted by atomic mass is 35.5. The van der Waals surface area contributed by atoms with Crippen LogP contribution >= 0.6 is 11.6 Å². The van der Waals surface area contributed by atoms with Crippen LogP contribution in [0.25, 0.3) is 0 Å². The summed E-state index contributed by atoms with van der Waals surface area (Å²) in [6.45, 7) is 4.31. The van der Waals surface area contributed by atoms with Crippen LogP contribution in [-0.4, -0.2) is 24.1 Å². The Kier molecular flexibility index (Phi) is 4.63. The Morgan fingerprint density at radius 2 is 2.41 bits per heavy atom. The summed E-state index contributed by atoms with van der Waals surface area (Å²) in [5.41, 5.74) is 2.37. The average Bonchev–Trinajstić information content (AvgIpc) is 2.58. The molecule has 0 aromatic carbocycles. The third-order valence-electron chi connectivity index (χ3n) is 3.24. The van der Waals surface area contributed by atoms with E-state index in [-0.39, 0.29) is 0 Å². The Balaban J connectivity index is 2.07. The molecule has 2 rings (SSSR count). The number of anilines is 1. The highest BCUT2D eigenvalue weighted by Crippen LogP contribution is 2.21. The molecule has 1 atom stereocenters. The number of aryl methyl sites for hydroxylation is 1. The number of halogens is 1. The fraction of sp³-hybridized carbons (Fsp3) is 0.615. The lowest BCUT2D eigenvalue weighted by atomic mass is 10.1. The van der Waals surface area contributed by atoms with E-state index in [1.807, 2.05) is 12.3 Å². The molecule has 1 aromatic rings. The first-order chi connectivity index (χ1) is 8.29. The first-order valence-corrected chi connectivity index (χ1v) is 6.79. The smallest absolute Gasteiger partial charge is 0.131 e. The standard InChI is InChI=1S/C13H20ClN3/c1-2-10-8-16-13(14)7-12(10)17-11-5-3-4-6-15-9-11/h7-8,11,15H,2-6,9H2,1H3,(H,16,17)/t11-/m0/s1. The minimum absolute atomic E-state index is 0.501. The summed E-state index contributed by atoms with van der Waals surface area (Å²) in [5.74, 6) is 0. The number of nitrogens with zero attached hydrogens (tertiary/aromatic N) is 1. The maximum Gasteiger partial charge on any atom is 0.131 e. The van der Waals surface area contributed by atoms with Crippen LogP contribution in [0.3, 0.4) is 0 Å². The maximum atomic E-state index is 5.96. The van der Waals surface area contributed by atoms with Gasteiger partial charge in [0.05, 0.1) is 0 Å². The second-order valence-corrected chi connectivity index (χ2v) is 4.95. The van der Waals surface area contributed by atoms with Gasteiger partial charge in [-0.3, -0.25) is 0 Å². The lowest BCUT2D eigenvalue weighted by Crippen LogP contribution is -2.31. The molecule has 1 fully saturated rings. The zero-order chi connectivity index (χ0) is 12.1. The maximum absolute atomic E-state index is 5.96. The molecule has 0 radical (unpaired) electrons. The van der Waals surface area contributed by atoms with Crippen molar-refractivity contribution in [3.8, 4) is 0 Å². The Morgan fingerprint density at radius 1 is 1.53 bits per heavy atom. The normalized spacial score (nSPS) is 20.9. The van der Waals surface area contributed by atoms with Gasteiger partial charge in [-0.2, -0.15) is 0 Å². The number of nitrogens with one attached hydrogen (secondary N) is 2. The lowest BCUT2D eigenvalue weighted by molar-refractivity contribution is 0.635. The van der Waals surface area contributed by atoms with Crippen molar-refractivity contribution in [1.29, 1.82) is 0 Å². The molecule has 1 aliphatic heterocycles. The number of hydrogen-bond acceptors (Lipinski definition) is 3. The topological polar surface area (TPSA) is 37.0 Å². The molecule has 0 aliphatic carbocycles. The van der Waals surface area contributed by atoms with Crippen molar-refractivity contribution >= 4 is 17.3 Å². The third-order valence-corrected chi connectivity index (χ3v) is 3.45. The van der Waals surface area contributed by atoms with Gasteiger partial charge in [-0.15, -0.1) is 0 Å². The number of pyridine rings is 1. The highest BCUT2D eigenvalue weighted by molar-refractivity contribution is 6.29. The quantitative estimate of drug-likeness (QED) is 0.814. The molecule has 0 saturated carbocycles. The van der Waals surface area contributed by atoms with E-state index in [0.29, 0.717) is 11.2 Å². The van der Waals surface area contributed by atoms with Crippen molar-refractivity contribution in [2.45, 2.75) is 38.6 Å². The SMILES string of the molecule is CCc1cnc(Cl)cc1N[C@H]1CCCCNC1. The van der Waals surface area contributed by atoms with Crippen LogP contribution in [0.1, 0.15) is 31.7 Å². The van der Waals surface area contributed by atoms with E-state index in [1.54, 1.807) is 0 Å². The van der Waals surface area contributed by atoms with Crippen LogP contribution in [0.5, 0.6) is 0 Å². The van der Waals surface area contributed by atoms with Crippen molar-refractivity contribution in [3.63, 3.8) is 0 Å². The van der Waals surface area contributed by atoms with Gasteiger partial charge < -0.3 is 10.6 Å². The first-order valence-electron chi connectivity index (χ1n) is 6.41. The Morgan fingerprint density at radius 3 is 3.24 bits per heavy atom. The van der Waals surface area contributed by atoms with Crippen LogP contribution < -0.4 is 10.6 Å². The van der Waals surface area contributed by atoms with E-state index in [1.165, 1.54) is 24.8 Å². The molecule has 0 amide bonds. The van der Waals surface area contributed by atoms with E-state index < -0.39 is 0 Å². The van der Waals surface area contributed by atoms with Gasteiger partial charge in [-0.25, -0.2) is 4.98 Å². The summed E-state index contributed by atoms with van der Waals surface area (Å²) in [6.07, 6.45) is 6.62. The van der Waals surface area contributed by atoms with E-state index in [4.69, 9.17) is 11.6 Å². The van der Waals surface area contributed by atoms with Gasteiger partial charge in [0.25, 0.3) is 0 Å². The molecule has 17 heavy (non-hydrogen) atoms. The van der Waals surface area contributed by atoms with Gasteiger partial charge in [0, 0.05) is 24.5 Å². The van der Waals surface area contributed by atoms with Crippen LogP contribution in [0.4, 0.5) is 5.69 Å². The number of rotatable bonds is 3. The Bertz CT molecular complexity index is 360. The largest absolute Gasteiger partial charge is 0.381 e. The van der Waals surface area contributed by atoms with Crippen LogP contribution in [0.2, 0.25) is 5.15 Å². The van der Waals surface area contributed by atoms with E-state index in [9.17, 15) is 0 Å². The minimum Gasteiger partial charge on any atom is -0.381 e. The van der Waals surface area contributed by atoms with Crippen LogP contribution in [0.15, 0.2) is 12.3 Å². The summed E-state index contributed by atoms with van der Waals surface area (Å²) in [7, 11) is 0. The molecular weight excluding hydrogens is 234 g/mol. The molecule has 1 aliphatic rings. The highest BCUT2D eigenvalue weighted by Gasteiger charge is 2.13. The molecule has 0 spiro atoms. The van der Waals surface area contributed by atoms with Gasteiger partial charge in [0.1, 0.15) is 5.15 Å². The van der Waals surface area contributed by atoms with E-state index in [2.05, 4.69) is 22.5 Å². The third kappa shape index (κ3) is 3.58. The number of aromatic nitrogens is 1. The van der Waals surface area contributed by atoms with Crippen molar-refractivity contribution < 1.29 is 0 Å². The molecule has 0 unspecified atom stereocenters. The fourth-order valence-electron chi connectivity index (χ4n) is 2.24. The minimum atomic E-state index is 0.501. The summed E-state index contributed by atoms with van der Waals surface area (Å²) in [5, 5.41) is 7.61. The molecule has 0 bridgehead atoms. The summed E-state index contributed by atoms with van der Waals surface area (Å²) in [6, 6.07) is 2.44. The van der Waals surface area contributed by atoms with E-state index >= 15 is 0 Å². The van der Waals surface area contributed by atoms with Crippen LogP contribution in [0, 0.1) is 0 Å². The molecular formula is C13H20ClN3. The van der Waals surface area contributed by atoms with Crippen molar-refractivity contribution in [2.75, 3.05) is 18.4 Å². The molecule has 4 heteroatoms.